The minimum Gasteiger partial charge on any atom is -0.368 e. The molecule has 0 radical (unpaired) electrons. The van der Waals surface area contributed by atoms with E-state index in [2.05, 4.69) is 19.2 Å². The number of rotatable bonds is 4. The number of nitrogens with zero attached hydrogens (tertiary/aromatic N) is 1. The average Bonchev–Trinajstić information content (AvgIpc) is 2.90. The fraction of sp³-hybridized carbons (Fsp3) is 0.929. The molecular weight excluding hydrogens is 228 g/mol. The van der Waals surface area contributed by atoms with Crippen LogP contribution < -0.4 is 5.32 Å². The molecule has 0 aliphatic carbocycles. The molecule has 0 saturated carbocycles. The molecule has 4 heteroatoms. The Bertz CT molecular complexity index is 269. The van der Waals surface area contributed by atoms with Gasteiger partial charge in [-0.15, -0.1) is 0 Å². The Hall–Kier alpha value is -0.610. The molecule has 0 spiro atoms. The van der Waals surface area contributed by atoms with Crippen molar-refractivity contribution in [3.05, 3.63) is 0 Å². The number of hydrogen-bond donors (Lipinski definition) is 1. The Labute approximate surface area is 110 Å². The van der Waals surface area contributed by atoms with Crippen molar-refractivity contribution in [2.24, 2.45) is 0 Å². The van der Waals surface area contributed by atoms with Crippen LogP contribution in [0.25, 0.3) is 0 Å². The molecule has 2 fully saturated rings. The number of amides is 1. The van der Waals surface area contributed by atoms with Gasteiger partial charge in [0, 0.05) is 25.2 Å². The number of ether oxygens (including phenoxy) is 1. The fourth-order valence-electron chi connectivity index (χ4n) is 2.83. The molecule has 1 amide bonds. The van der Waals surface area contributed by atoms with E-state index < -0.39 is 0 Å². The van der Waals surface area contributed by atoms with E-state index in [-0.39, 0.29) is 18.1 Å². The van der Waals surface area contributed by atoms with Gasteiger partial charge in [0.05, 0.1) is 0 Å². The van der Waals surface area contributed by atoms with E-state index in [1.807, 2.05) is 4.90 Å². The highest BCUT2D eigenvalue weighted by Crippen LogP contribution is 2.18. The maximum Gasteiger partial charge on any atom is 0.251 e. The summed E-state index contributed by atoms with van der Waals surface area (Å²) in [5.41, 5.74) is 0. The number of carbonyl (C=O) groups is 1. The van der Waals surface area contributed by atoms with Crippen molar-refractivity contribution in [2.75, 3.05) is 19.7 Å². The second-order valence-electron chi connectivity index (χ2n) is 5.73. The third-order valence-corrected chi connectivity index (χ3v) is 3.94. The van der Waals surface area contributed by atoms with Crippen LogP contribution in [-0.4, -0.2) is 48.7 Å². The van der Waals surface area contributed by atoms with E-state index in [0.29, 0.717) is 6.04 Å². The van der Waals surface area contributed by atoms with Crippen molar-refractivity contribution in [3.8, 4) is 0 Å². The van der Waals surface area contributed by atoms with Gasteiger partial charge in [-0.25, -0.2) is 0 Å². The maximum atomic E-state index is 12.4. The Kier molecular flexibility index (Phi) is 5.01. The molecule has 1 N–H and O–H groups in total. The number of carbonyl (C=O) groups excluding carboxylic acids is 1. The highest BCUT2D eigenvalue weighted by atomic mass is 16.5. The molecule has 0 bridgehead atoms. The van der Waals surface area contributed by atoms with E-state index in [1.54, 1.807) is 0 Å². The second-order valence-corrected chi connectivity index (χ2v) is 5.73. The summed E-state index contributed by atoms with van der Waals surface area (Å²) in [7, 11) is 0. The molecule has 2 rings (SSSR count). The third-order valence-electron chi connectivity index (χ3n) is 3.94. The van der Waals surface area contributed by atoms with Crippen LogP contribution in [0.3, 0.4) is 0 Å². The molecule has 2 aliphatic heterocycles. The molecule has 0 aromatic carbocycles. The standard InChI is InChI=1S/C14H26N2O2/c1-11(2)16(10-12-6-3-4-8-15-12)14(17)13-7-5-9-18-13/h11-13,15H,3-10H2,1-2H3. The zero-order chi connectivity index (χ0) is 13.0. The van der Waals surface area contributed by atoms with Gasteiger partial charge in [0.2, 0.25) is 0 Å². The lowest BCUT2D eigenvalue weighted by molar-refractivity contribution is -0.143. The quantitative estimate of drug-likeness (QED) is 0.827. The summed E-state index contributed by atoms with van der Waals surface area (Å²) in [5.74, 6) is 0.190. The smallest absolute Gasteiger partial charge is 0.251 e. The topological polar surface area (TPSA) is 41.6 Å². The van der Waals surface area contributed by atoms with Crippen molar-refractivity contribution < 1.29 is 9.53 Å². The predicted octanol–water partition coefficient (Wildman–Crippen LogP) is 1.54. The first kappa shape index (κ1) is 13.8. The molecule has 0 aromatic heterocycles. The van der Waals surface area contributed by atoms with Gasteiger partial charge in [-0.1, -0.05) is 6.42 Å². The van der Waals surface area contributed by atoms with Crippen LogP contribution in [-0.2, 0) is 9.53 Å². The zero-order valence-electron chi connectivity index (χ0n) is 11.7. The summed E-state index contributed by atoms with van der Waals surface area (Å²) in [6.07, 6.45) is 5.44. The van der Waals surface area contributed by atoms with Gasteiger partial charge in [0.15, 0.2) is 0 Å². The van der Waals surface area contributed by atoms with Gasteiger partial charge in [-0.2, -0.15) is 0 Å². The molecule has 2 unspecified atom stereocenters. The van der Waals surface area contributed by atoms with Crippen LogP contribution in [0.5, 0.6) is 0 Å². The minimum atomic E-state index is -0.184. The minimum absolute atomic E-state index is 0.184. The average molecular weight is 254 g/mol. The summed E-state index contributed by atoms with van der Waals surface area (Å²) in [6.45, 7) is 6.84. The van der Waals surface area contributed by atoms with Gasteiger partial charge < -0.3 is 15.0 Å². The van der Waals surface area contributed by atoms with E-state index in [0.717, 1.165) is 32.5 Å². The highest BCUT2D eigenvalue weighted by Gasteiger charge is 2.31. The van der Waals surface area contributed by atoms with Crippen molar-refractivity contribution in [1.82, 2.24) is 10.2 Å². The summed E-state index contributed by atoms with van der Waals surface area (Å²) in [6, 6.07) is 0.719. The predicted molar refractivity (Wildman–Crippen MR) is 71.5 cm³/mol. The zero-order valence-corrected chi connectivity index (χ0v) is 11.7. The van der Waals surface area contributed by atoms with Crippen molar-refractivity contribution in [2.45, 2.75) is 64.1 Å². The molecule has 2 aliphatic rings. The van der Waals surface area contributed by atoms with Crippen LogP contribution in [0.15, 0.2) is 0 Å². The largest absolute Gasteiger partial charge is 0.368 e. The Morgan fingerprint density at radius 3 is 2.72 bits per heavy atom. The second kappa shape index (κ2) is 6.53. The summed E-state index contributed by atoms with van der Waals surface area (Å²) < 4.78 is 5.52. The first-order chi connectivity index (χ1) is 8.68. The lowest BCUT2D eigenvalue weighted by Gasteiger charge is -2.34. The van der Waals surface area contributed by atoms with E-state index in [9.17, 15) is 4.79 Å². The molecule has 2 atom stereocenters. The van der Waals surface area contributed by atoms with Crippen LogP contribution in [0.2, 0.25) is 0 Å². The van der Waals surface area contributed by atoms with Gasteiger partial charge in [-0.3, -0.25) is 4.79 Å². The Morgan fingerprint density at radius 1 is 1.33 bits per heavy atom. The monoisotopic (exact) mass is 254 g/mol. The molecule has 2 heterocycles. The lowest BCUT2D eigenvalue weighted by Crippen LogP contribution is -2.51. The van der Waals surface area contributed by atoms with E-state index >= 15 is 0 Å². The van der Waals surface area contributed by atoms with Crippen LogP contribution in [0.1, 0.15) is 46.0 Å². The molecular formula is C14H26N2O2. The maximum absolute atomic E-state index is 12.4. The number of hydrogen-bond acceptors (Lipinski definition) is 3. The summed E-state index contributed by atoms with van der Waals surface area (Å²) in [4.78, 5) is 14.4. The molecule has 4 nitrogen and oxygen atoms in total. The lowest BCUT2D eigenvalue weighted by atomic mass is 10.0. The molecule has 0 aromatic rings. The normalized spacial score (nSPS) is 28.6. The molecule has 18 heavy (non-hydrogen) atoms. The van der Waals surface area contributed by atoms with Gasteiger partial charge >= 0.3 is 0 Å². The van der Waals surface area contributed by atoms with Crippen molar-refractivity contribution in [1.29, 1.82) is 0 Å². The first-order valence-corrected chi connectivity index (χ1v) is 7.34. The van der Waals surface area contributed by atoms with Gasteiger partial charge in [0.1, 0.15) is 6.10 Å². The van der Waals surface area contributed by atoms with Gasteiger partial charge in [-0.05, 0) is 46.1 Å². The van der Waals surface area contributed by atoms with Crippen LogP contribution in [0, 0.1) is 0 Å². The molecule has 2 saturated heterocycles. The van der Waals surface area contributed by atoms with Gasteiger partial charge in [0.25, 0.3) is 5.91 Å². The Balaban J connectivity index is 1.91. The van der Waals surface area contributed by atoms with Crippen molar-refractivity contribution in [3.63, 3.8) is 0 Å². The van der Waals surface area contributed by atoms with Crippen LogP contribution in [0.4, 0.5) is 0 Å². The van der Waals surface area contributed by atoms with E-state index in [1.165, 1.54) is 19.3 Å². The van der Waals surface area contributed by atoms with Crippen LogP contribution >= 0.6 is 0 Å². The van der Waals surface area contributed by atoms with Crippen molar-refractivity contribution >= 4 is 5.91 Å². The third kappa shape index (κ3) is 3.45. The van der Waals surface area contributed by atoms with E-state index in [4.69, 9.17) is 4.74 Å². The SMILES string of the molecule is CC(C)N(CC1CCCCN1)C(=O)C1CCCO1. The fourth-order valence-corrected chi connectivity index (χ4v) is 2.83. The number of piperidine rings is 1. The highest BCUT2D eigenvalue weighted by molar-refractivity contribution is 5.81. The number of nitrogens with one attached hydrogen (secondary N) is 1. The summed E-state index contributed by atoms with van der Waals surface area (Å²) in [5, 5.41) is 3.52. The first-order valence-electron chi connectivity index (χ1n) is 7.34. The summed E-state index contributed by atoms with van der Waals surface area (Å²) >= 11 is 0. The molecule has 104 valence electrons. The Morgan fingerprint density at radius 2 is 2.17 bits per heavy atom.